The summed E-state index contributed by atoms with van der Waals surface area (Å²) >= 11 is 7.48. The summed E-state index contributed by atoms with van der Waals surface area (Å²) in [5.74, 6) is 1.21. The molecule has 1 aliphatic rings. The average molecular weight is 504 g/mol. The molecular formula is C25H30ClN3O4S. The Morgan fingerprint density at radius 3 is 2.59 bits per heavy atom. The van der Waals surface area contributed by atoms with E-state index < -0.39 is 5.60 Å². The second-order valence-corrected chi connectivity index (χ2v) is 10.1. The molecule has 1 saturated heterocycles. The van der Waals surface area contributed by atoms with Crippen LogP contribution >= 0.6 is 22.9 Å². The van der Waals surface area contributed by atoms with Crippen LogP contribution in [0.5, 0.6) is 11.5 Å². The Kier molecular flexibility index (Phi) is 7.93. The topological polar surface area (TPSA) is 64.1 Å². The Labute approximate surface area is 209 Å². The summed E-state index contributed by atoms with van der Waals surface area (Å²) in [6, 6.07) is 12.8. The van der Waals surface area contributed by atoms with Crippen LogP contribution in [0.15, 0.2) is 42.5 Å². The van der Waals surface area contributed by atoms with E-state index in [2.05, 4.69) is 4.90 Å². The van der Waals surface area contributed by atoms with Gasteiger partial charge in [-0.3, -0.25) is 14.6 Å². The normalized spacial score (nSPS) is 14.8. The summed E-state index contributed by atoms with van der Waals surface area (Å²) in [7, 11) is 1.64. The van der Waals surface area contributed by atoms with Crippen molar-refractivity contribution in [3.05, 3.63) is 47.5 Å². The Morgan fingerprint density at radius 1 is 1.18 bits per heavy atom. The van der Waals surface area contributed by atoms with Crippen LogP contribution in [0.3, 0.4) is 0 Å². The highest BCUT2D eigenvalue weighted by atomic mass is 35.5. The number of ether oxygens (including phenoxy) is 3. The Balaban J connectivity index is 1.56. The third-order valence-corrected chi connectivity index (χ3v) is 7.01. The molecule has 0 saturated carbocycles. The van der Waals surface area contributed by atoms with E-state index in [9.17, 15) is 4.79 Å². The number of benzene rings is 2. The third-order valence-electron chi connectivity index (χ3n) is 5.72. The van der Waals surface area contributed by atoms with Gasteiger partial charge in [0.15, 0.2) is 10.7 Å². The Hall–Kier alpha value is -2.39. The van der Waals surface area contributed by atoms with Crippen molar-refractivity contribution in [1.29, 1.82) is 0 Å². The molecule has 34 heavy (non-hydrogen) atoms. The lowest BCUT2D eigenvalue weighted by Crippen LogP contribution is -2.50. The molecule has 4 rings (SSSR count). The van der Waals surface area contributed by atoms with Gasteiger partial charge in [0.1, 0.15) is 11.5 Å². The van der Waals surface area contributed by atoms with Gasteiger partial charge in [-0.1, -0.05) is 22.9 Å². The molecule has 2 aromatic carbocycles. The number of halogens is 1. The first-order valence-electron chi connectivity index (χ1n) is 11.4. The minimum atomic E-state index is -1.09. The number of carbonyl (C=O) groups excluding carboxylic acids is 1. The van der Waals surface area contributed by atoms with Crippen LogP contribution in [0.1, 0.15) is 20.3 Å². The van der Waals surface area contributed by atoms with Gasteiger partial charge in [-0.2, -0.15) is 0 Å². The first kappa shape index (κ1) is 24.7. The molecule has 7 nitrogen and oxygen atoms in total. The molecule has 0 radical (unpaired) electrons. The molecule has 182 valence electrons. The lowest BCUT2D eigenvalue weighted by Gasteiger charge is -2.32. The maximum absolute atomic E-state index is 13.8. The minimum absolute atomic E-state index is 0.143. The largest absolute Gasteiger partial charge is 0.497 e. The van der Waals surface area contributed by atoms with Gasteiger partial charge < -0.3 is 14.2 Å². The summed E-state index contributed by atoms with van der Waals surface area (Å²) in [6.45, 7) is 8.35. The van der Waals surface area contributed by atoms with E-state index in [4.69, 9.17) is 30.8 Å². The summed E-state index contributed by atoms with van der Waals surface area (Å²) in [5, 5.41) is 1.27. The van der Waals surface area contributed by atoms with Gasteiger partial charge in [0, 0.05) is 31.2 Å². The first-order valence-corrected chi connectivity index (χ1v) is 12.6. The van der Waals surface area contributed by atoms with Crippen molar-refractivity contribution in [3.8, 4) is 11.5 Å². The molecule has 0 spiro atoms. The van der Waals surface area contributed by atoms with Crippen molar-refractivity contribution < 1.29 is 19.0 Å². The number of rotatable bonds is 9. The number of hydrogen-bond donors (Lipinski definition) is 0. The van der Waals surface area contributed by atoms with Crippen molar-refractivity contribution in [1.82, 2.24) is 9.88 Å². The van der Waals surface area contributed by atoms with Crippen molar-refractivity contribution in [2.75, 3.05) is 51.4 Å². The highest BCUT2D eigenvalue weighted by Crippen LogP contribution is 2.33. The number of amides is 1. The molecule has 0 aliphatic carbocycles. The fourth-order valence-electron chi connectivity index (χ4n) is 3.86. The van der Waals surface area contributed by atoms with E-state index in [1.54, 1.807) is 50.1 Å². The third kappa shape index (κ3) is 5.99. The van der Waals surface area contributed by atoms with Crippen LogP contribution in [0.2, 0.25) is 5.02 Å². The number of morpholine rings is 1. The monoisotopic (exact) mass is 503 g/mol. The van der Waals surface area contributed by atoms with Gasteiger partial charge in [-0.25, -0.2) is 4.98 Å². The van der Waals surface area contributed by atoms with E-state index in [0.29, 0.717) is 22.4 Å². The molecule has 0 N–H and O–H groups in total. The summed E-state index contributed by atoms with van der Waals surface area (Å²) in [5.41, 5.74) is -0.259. The maximum Gasteiger partial charge on any atom is 0.272 e. The number of hydrogen-bond acceptors (Lipinski definition) is 7. The number of nitrogens with zero attached hydrogens (tertiary/aromatic N) is 3. The predicted molar refractivity (Wildman–Crippen MR) is 137 cm³/mol. The lowest BCUT2D eigenvalue weighted by atomic mass is 10.1. The first-order chi connectivity index (χ1) is 16.4. The van der Waals surface area contributed by atoms with Crippen molar-refractivity contribution >= 4 is 44.2 Å². The van der Waals surface area contributed by atoms with Crippen molar-refractivity contribution in [2.45, 2.75) is 25.9 Å². The Morgan fingerprint density at radius 2 is 1.88 bits per heavy atom. The second-order valence-electron chi connectivity index (χ2n) is 8.66. The van der Waals surface area contributed by atoms with Crippen LogP contribution < -0.4 is 14.4 Å². The fraction of sp³-hybridized carbons (Fsp3) is 0.440. The molecule has 0 unspecified atom stereocenters. The molecular weight excluding hydrogens is 474 g/mol. The van der Waals surface area contributed by atoms with Gasteiger partial charge in [0.25, 0.3) is 5.91 Å². The van der Waals surface area contributed by atoms with Crippen molar-refractivity contribution in [3.63, 3.8) is 0 Å². The van der Waals surface area contributed by atoms with E-state index in [1.165, 1.54) is 11.3 Å². The quantitative estimate of drug-likeness (QED) is 0.415. The summed E-state index contributed by atoms with van der Waals surface area (Å²) < 4.78 is 17.9. The minimum Gasteiger partial charge on any atom is -0.497 e. The summed E-state index contributed by atoms with van der Waals surface area (Å²) in [4.78, 5) is 22.7. The smallest absolute Gasteiger partial charge is 0.272 e. The van der Waals surface area contributed by atoms with Gasteiger partial charge in [-0.15, -0.1) is 0 Å². The lowest BCUT2D eigenvalue weighted by molar-refractivity contribution is -0.131. The number of aromatic nitrogens is 1. The predicted octanol–water partition coefficient (Wildman–Crippen LogP) is 4.87. The SMILES string of the molecule is COc1ccc2nc(N(CCCN3CCOCC3)C(=O)C(C)(C)Oc3ccc(Cl)cc3)sc2c1. The van der Waals surface area contributed by atoms with Gasteiger partial charge in [0.2, 0.25) is 0 Å². The number of anilines is 1. The van der Waals surface area contributed by atoms with Crippen LogP contribution in [-0.4, -0.2) is 67.9 Å². The van der Waals surface area contributed by atoms with Crippen LogP contribution in [0, 0.1) is 0 Å². The maximum atomic E-state index is 13.8. The highest BCUT2D eigenvalue weighted by Gasteiger charge is 2.36. The molecule has 1 amide bonds. The van der Waals surface area contributed by atoms with Gasteiger partial charge in [-0.05, 0) is 62.7 Å². The molecule has 0 bridgehead atoms. The zero-order valence-corrected chi connectivity index (χ0v) is 21.3. The average Bonchev–Trinajstić information content (AvgIpc) is 3.26. The number of methoxy groups -OCH3 is 1. The molecule has 1 fully saturated rings. The van der Waals surface area contributed by atoms with E-state index >= 15 is 0 Å². The molecule has 1 aromatic heterocycles. The Bertz CT molecular complexity index is 1110. The fourth-order valence-corrected chi connectivity index (χ4v) is 5.01. The van der Waals surface area contributed by atoms with E-state index in [1.807, 2.05) is 18.2 Å². The number of thiazole rings is 1. The second kappa shape index (κ2) is 10.9. The zero-order chi connectivity index (χ0) is 24.1. The van der Waals surface area contributed by atoms with Crippen LogP contribution in [0.4, 0.5) is 5.13 Å². The molecule has 1 aliphatic heterocycles. The zero-order valence-electron chi connectivity index (χ0n) is 19.8. The molecule has 9 heteroatoms. The van der Waals surface area contributed by atoms with Crippen molar-refractivity contribution in [2.24, 2.45) is 0 Å². The van der Waals surface area contributed by atoms with E-state index in [-0.39, 0.29) is 5.91 Å². The molecule has 2 heterocycles. The van der Waals surface area contributed by atoms with Crippen LogP contribution in [-0.2, 0) is 9.53 Å². The molecule has 0 atom stereocenters. The van der Waals surface area contributed by atoms with Gasteiger partial charge in [0.05, 0.1) is 30.5 Å². The number of fused-ring (bicyclic) bond motifs is 1. The highest BCUT2D eigenvalue weighted by molar-refractivity contribution is 7.22. The standard InChI is InChI=1S/C25H30ClN3O4S/c1-25(2,33-19-7-5-18(26)6-8-19)23(30)29(12-4-11-28-13-15-32-16-14-28)24-27-21-10-9-20(31-3)17-22(21)34-24/h5-10,17H,4,11-16H2,1-3H3. The number of carbonyl (C=O) groups is 1. The van der Waals surface area contributed by atoms with Gasteiger partial charge >= 0.3 is 0 Å². The molecule has 3 aromatic rings. The summed E-state index contributed by atoms with van der Waals surface area (Å²) in [6.07, 6.45) is 0.821. The van der Waals surface area contributed by atoms with E-state index in [0.717, 1.165) is 55.2 Å². The van der Waals surface area contributed by atoms with Crippen LogP contribution in [0.25, 0.3) is 10.2 Å².